The van der Waals surface area contributed by atoms with Gasteiger partial charge in [-0.1, -0.05) is 12.1 Å². The van der Waals surface area contributed by atoms with Crippen molar-refractivity contribution in [3.05, 3.63) is 65.0 Å². The maximum Gasteiger partial charge on any atom is 0.415 e. The summed E-state index contributed by atoms with van der Waals surface area (Å²) < 4.78 is 27.8. The highest BCUT2D eigenvalue weighted by Crippen LogP contribution is 2.49. The van der Waals surface area contributed by atoms with Gasteiger partial charge in [0.2, 0.25) is 11.8 Å². The first-order valence-electron chi connectivity index (χ1n) is 11.6. The molecule has 1 amide bonds. The number of methoxy groups -OCH3 is 2. The van der Waals surface area contributed by atoms with Gasteiger partial charge in [0.25, 0.3) is 0 Å². The molecule has 5 rings (SSSR count). The second kappa shape index (κ2) is 10.1. The van der Waals surface area contributed by atoms with Crippen molar-refractivity contribution in [2.75, 3.05) is 40.5 Å². The predicted octanol–water partition coefficient (Wildman–Crippen LogP) is 3.14. The first kappa shape index (κ1) is 24.0. The van der Waals surface area contributed by atoms with Gasteiger partial charge in [-0.3, -0.25) is 5.10 Å². The number of ether oxygens (including phenoxy) is 5. The van der Waals surface area contributed by atoms with E-state index in [4.69, 9.17) is 29.4 Å². The van der Waals surface area contributed by atoms with E-state index in [9.17, 15) is 10.1 Å². The summed E-state index contributed by atoms with van der Waals surface area (Å²) in [7, 11) is 3.07. The Kier molecular flexibility index (Phi) is 6.57. The van der Waals surface area contributed by atoms with Crippen molar-refractivity contribution in [3.63, 3.8) is 0 Å². The molecule has 37 heavy (non-hydrogen) atoms. The predicted molar refractivity (Wildman–Crippen MR) is 131 cm³/mol. The van der Waals surface area contributed by atoms with Crippen LogP contribution in [0.5, 0.6) is 23.1 Å². The standard InChI is InChI=1S/C26H25N5O6/c1-33-16-8-6-15(7-9-16)22-21-20(18(14-27)24(28)37-25(21)30-29-22)17-4-3-5-19(34-2)23(17)36-26(32)31-10-12-35-13-11-31/h3-9,20H,10-13,28H2,1-2H3,(H,29,30)/t20-/m1/s1. The van der Waals surface area contributed by atoms with Crippen LogP contribution in [0.2, 0.25) is 0 Å². The number of hydrogen-bond acceptors (Lipinski definition) is 9. The Bertz CT molecular complexity index is 1390. The fourth-order valence-corrected chi connectivity index (χ4v) is 4.46. The Morgan fingerprint density at radius 3 is 2.59 bits per heavy atom. The summed E-state index contributed by atoms with van der Waals surface area (Å²) in [5, 5.41) is 17.4. The summed E-state index contributed by atoms with van der Waals surface area (Å²) >= 11 is 0. The highest BCUT2D eigenvalue weighted by Gasteiger charge is 2.38. The molecular formula is C26H25N5O6. The maximum atomic E-state index is 13.1. The number of carbonyl (C=O) groups is 1. The number of fused-ring (bicyclic) bond motifs is 1. The molecule has 0 saturated carbocycles. The van der Waals surface area contributed by atoms with Crippen molar-refractivity contribution in [1.82, 2.24) is 15.1 Å². The van der Waals surface area contributed by atoms with E-state index in [1.807, 2.05) is 24.3 Å². The summed E-state index contributed by atoms with van der Waals surface area (Å²) in [5.74, 6) is 0.588. The zero-order valence-corrected chi connectivity index (χ0v) is 20.3. The second-order valence-corrected chi connectivity index (χ2v) is 8.32. The molecule has 190 valence electrons. The number of hydrogen-bond donors (Lipinski definition) is 2. The van der Waals surface area contributed by atoms with Crippen LogP contribution in [-0.2, 0) is 4.74 Å². The Hall–Kier alpha value is -4.69. The van der Waals surface area contributed by atoms with Crippen molar-refractivity contribution in [1.29, 1.82) is 5.26 Å². The Labute approximate surface area is 212 Å². The van der Waals surface area contributed by atoms with Crippen molar-refractivity contribution >= 4 is 6.09 Å². The molecule has 0 radical (unpaired) electrons. The molecule has 3 heterocycles. The molecular weight excluding hydrogens is 478 g/mol. The molecule has 2 aromatic carbocycles. The number of carbonyl (C=O) groups excluding carboxylic acids is 1. The summed E-state index contributed by atoms with van der Waals surface area (Å²) in [6.45, 7) is 1.67. The van der Waals surface area contributed by atoms with Crippen LogP contribution in [0.3, 0.4) is 0 Å². The average molecular weight is 504 g/mol. The molecule has 1 atom stereocenters. The molecule has 3 N–H and O–H groups in total. The van der Waals surface area contributed by atoms with Crippen LogP contribution >= 0.6 is 0 Å². The molecule has 2 aliphatic heterocycles. The van der Waals surface area contributed by atoms with Gasteiger partial charge in [0.1, 0.15) is 17.4 Å². The van der Waals surface area contributed by atoms with Gasteiger partial charge in [-0.05, 0) is 30.3 Å². The lowest BCUT2D eigenvalue weighted by Crippen LogP contribution is -2.42. The number of nitrogens with two attached hydrogens (primary N) is 1. The number of aromatic amines is 1. The van der Waals surface area contributed by atoms with Gasteiger partial charge in [0.15, 0.2) is 11.5 Å². The summed E-state index contributed by atoms with van der Waals surface area (Å²) in [5.41, 5.74) is 8.80. The Morgan fingerprint density at radius 2 is 1.92 bits per heavy atom. The number of morpholine rings is 1. The topological polar surface area (TPSA) is 145 Å². The Balaban J connectivity index is 1.65. The van der Waals surface area contributed by atoms with Gasteiger partial charge in [0, 0.05) is 24.2 Å². The number of nitriles is 1. The van der Waals surface area contributed by atoms with Crippen molar-refractivity contribution in [2.24, 2.45) is 5.73 Å². The van der Waals surface area contributed by atoms with E-state index >= 15 is 0 Å². The number of benzene rings is 2. The van der Waals surface area contributed by atoms with Crippen molar-refractivity contribution in [3.8, 4) is 40.5 Å². The fourth-order valence-electron chi connectivity index (χ4n) is 4.46. The van der Waals surface area contributed by atoms with E-state index in [0.29, 0.717) is 54.6 Å². The van der Waals surface area contributed by atoms with E-state index in [-0.39, 0.29) is 23.1 Å². The molecule has 0 spiro atoms. The smallest absolute Gasteiger partial charge is 0.415 e. The third-order valence-corrected chi connectivity index (χ3v) is 6.32. The summed E-state index contributed by atoms with van der Waals surface area (Å²) in [6.07, 6.45) is -0.542. The summed E-state index contributed by atoms with van der Waals surface area (Å²) in [4.78, 5) is 14.6. The first-order valence-corrected chi connectivity index (χ1v) is 11.6. The number of rotatable bonds is 5. The second-order valence-electron chi connectivity index (χ2n) is 8.32. The number of allylic oxidation sites excluding steroid dienone is 1. The largest absolute Gasteiger partial charge is 0.497 e. The van der Waals surface area contributed by atoms with E-state index in [0.717, 1.165) is 5.56 Å². The van der Waals surface area contributed by atoms with Crippen LogP contribution in [-0.4, -0.2) is 61.7 Å². The van der Waals surface area contributed by atoms with Gasteiger partial charge in [-0.25, -0.2) is 4.79 Å². The molecule has 0 aliphatic carbocycles. The molecule has 1 fully saturated rings. The lowest BCUT2D eigenvalue weighted by molar-refractivity contribution is 0.0412. The minimum absolute atomic E-state index is 0.0824. The van der Waals surface area contributed by atoms with Gasteiger partial charge < -0.3 is 34.3 Å². The van der Waals surface area contributed by atoms with E-state index in [2.05, 4.69) is 16.3 Å². The van der Waals surface area contributed by atoms with E-state index < -0.39 is 12.0 Å². The quantitative estimate of drug-likeness (QED) is 0.536. The third-order valence-electron chi connectivity index (χ3n) is 6.32. The molecule has 1 aromatic heterocycles. The molecule has 11 nitrogen and oxygen atoms in total. The first-order chi connectivity index (χ1) is 18.0. The van der Waals surface area contributed by atoms with Gasteiger partial charge >= 0.3 is 6.09 Å². The fraction of sp³-hybridized carbons (Fsp3) is 0.269. The normalized spacial score (nSPS) is 16.9. The van der Waals surface area contributed by atoms with Crippen molar-refractivity contribution < 1.29 is 28.5 Å². The van der Waals surface area contributed by atoms with Crippen molar-refractivity contribution in [2.45, 2.75) is 5.92 Å². The number of para-hydroxylation sites is 1. The molecule has 1 saturated heterocycles. The molecule has 0 bridgehead atoms. The number of nitrogens with one attached hydrogen (secondary N) is 1. The number of H-pyrrole nitrogens is 1. The molecule has 2 aliphatic rings. The van der Waals surface area contributed by atoms with Crippen LogP contribution in [0, 0.1) is 11.3 Å². The van der Waals surface area contributed by atoms with Crippen LogP contribution in [0.25, 0.3) is 11.3 Å². The van der Waals surface area contributed by atoms with E-state index in [1.54, 1.807) is 30.2 Å². The monoisotopic (exact) mass is 503 g/mol. The SMILES string of the molecule is COc1ccc(-c2[nH]nc3c2[C@H](c2cccc(OC)c2OC(=O)N2CCOCC2)C(C#N)=C(N)O3)cc1. The molecule has 0 unspecified atom stereocenters. The number of aromatic nitrogens is 2. The van der Waals surface area contributed by atoms with Crippen LogP contribution < -0.4 is 24.7 Å². The zero-order chi connectivity index (χ0) is 25.9. The molecule has 3 aromatic rings. The van der Waals surface area contributed by atoms with Gasteiger partial charge in [-0.2, -0.15) is 5.26 Å². The van der Waals surface area contributed by atoms with Gasteiger partial charge in [0.05, 0.1) is 44.6 Å². The lowest BCUT2D eigenvalue weighted by atomic mass is 9.82. The minimum Gasteiger partial charge on any atom is -0.497 e. The highest BCUT2D eigenvalue weighted by molar-refractivity contribution is 5.76. The zero-order valence-electron chi connectivity index (χ0n) is 20.3. The number of nitrogens with zero attached hydrogens (tertiary/aromatic N) is 3. The lowest BCUT2D eigenvalue weighted by Gasteiger charge is -2.28. The Morgan fingerprint density at radius 1 is 1.16 bits per heavy atom. The minimum atomic E-state index is -0.757. The van der Waals surface area contributed by atoms with Crippen LogP contribution in [0.15, 0.2) is 53.9 Å². The van der Waals surface area contributed by atoms with Crippen LogP contribution in [0.1, 0.15) is 17.0 Å². The van der Waals surface area contributed by atoms with Crippen LogP contribution in [0.4, 0.5) is 4.79 Å². The molecule has 11 heteroatoms. The number of amides is 1. The highest BCUT2D eigenvalue weighted by atomic mass is 16.6. The van der Waals surface area contributed by atoms with Gasteiger partial charge in [-0.15, -0.1) is 5.10 Å². The maximum absolute atomic E-state index is 13.1. The van der Waals surface area contributed by atoms with E-state index in [1.165, 1.54) is 7.11 Å². The summed E-state index contributed by atoms with van der Waals surface area (Å²) in [6, 6.07) is 14.7. The average Bonchev–Trinajstić information content (AvgIpc) is 3.36. The third kappa shape index (κ3) is 4.39.